The molecule has 5 rings (SSSR count). The van der Waals surface area contributed by atoms with Gasteiger partial charge in [-0.25, -0.2) is 4.99 Å². The van der Waals surface area contributed by atoms with Crippen LogP contribution in [0.4, 0.5) is 11.4 Å². The summed E-state index contributed by atoms with van der Waals surface area (Å²) in [5, 5.41) is 3.52. The fourth-order valence-electron chi connectivity index (χ4n) is 5.06. The number of carbonyl (C=O) groups is 2. The van der Waals surface area contributed by atoms with Gasteiger partial charge in [0.1, 0.15) is 0 Å². The molecule has 1 aliphatic carbocycles. The molecule has 0 bridgehead atoms. The van der Waals surface area contributed by atoms with Crippen LogP contribution in [-0.4, -0.2) is 41.6 Å². The average molecular weight is 556 g/mol. The second-order valence-electron chi connectivity index (χ2n) is 9.96. The summed E-state index contributed by atoms with van der Waals surface area (Å²) >= 11 is 1.41. The first kappa shape index (κ1) is 27.5. The number of hydrogen-bond donors (Lipinski definition) is 1. The Labute approximate surface area is 239 Å². The van der Waals surface area contributed by atoms with Gasteiger partial charge in [-0.15, -0.1) is 0 Å². The van der Waals surface area contributed by atoms with Crippen LogP contribution in [0.15, 0.2) is 88.8 Å². The third-order valence-electron chi connectivity index (χ3n) is 7.12. The number of amidine groups is 1. The summed E-state index contributed by atoms with van der Waals surface area (Å²) in [6, 6.07) is 24.5. The van der Waals surface area contributed by atoms with Crippen LogP contribution in [0.2, 0.25) is 0 Å². The number of amides is 2. The summed E-state index contributed by atoms with van der Waals surface area (Å²) in [6.07, 6.45) is 6.27. The molecule has 206 valence electrons. The first-order chi connectivity index (χ1) is 19.5. The zero-order valence-corrected chi connectivity index (χ0v) is 23.5. The third-order valence-corrected chi connectivity index (χ3v) is 8.10. The maximum atomic E-state index is 13.8. The maximum absolute atomic E-state index is 13.8. The number of rotatable bonds is 8. The Balaban J connectivity index is 1.35. The zero-order chi connectivity index (χ0) is 27.9. The van der Waals surface area contributed by atoms with Crippen LogP contribution >= 0.6 is 11.8 Å². The molecule has 8 heteroatoms. The number of carbonyl (C=O) groups excluding carboxylic acids is 2. The summed E-state index contributed by atoms with van der Waals surface area (Å²) in [5.41, 5.74) is 2.33. The van der Waals surface area contributed by atoms with Crippen molar-refractivity contribution in [2.45, 2.75) is 38.6 Å². The summed E-state index contributed by atoms with van der Waals surface area (Å²) in [6.45, 7) is 2.07. The lowest BCUT2D eigenvalue weighted by Crippen LogP contribution is -2.44. The van der Waals surface area contributed by atoms with Crippen molar-refractivity contribution in [1.29, 1.82) is 0 Å². The molecule has 0 radical (unpaired) electrons. The van der Waals surface area contributed by atoms with Gasteiger partial charge in [-0.05, 0) is 78.6 Å². The highest BCUT2D eigenvalue weighted by Gasteiger charge is 2.41. The van der Waals surface area contributed by atoms with Gasteiger partial charge >= 0.3 is 0 Å². The number of anilines is 1. The van der Waals surface area contributed by atoms with Gasteiger partial charge in [0.25, 0.3) is 11.8 Å². The predicted octanol–water partition coefficient (Wildman–Crippen LogP) is 6.90. The maximum Gasteiger partial charge on any atom is 0.267 e. The molecular weight excluding hydrogens is 522 g/mol. The summed E-state index contributed by atoms with van der Waals surface area (Å²) in [5.74, 6) is 1.05. The Hall–Kier alpha value is -4.04. The van der Waals surface area contributed by atoms with Crippen molar-refractivity contribution in [3.8, 4) is 11.5 Å². The zero-order valence-electron chi connectivity index (χ0n) is 22.7. The van der Waals surface area contributed by atoms with Crippen LogP contribution in [-0.2, 0) is 9.59 Å². The van der Waals surface area contributed by atoms with Gasteiger partial charge in [-0.3, -0.25) is 14.5 Å². The number of aliphatic imine (C=N–C) groups is 1. The van der Waals surface area contributed by atoms with Crippen molar-refractivity contribution in [2.75, 3.05) is 19.0 Å². The Morgan fingerprint density at radius 2 is 1.75 bits per heavy atom. The van der Waals surface area contributed by atoms with Crippen molar-refractivity contribution in [3.05, 3.63) is 89.3 Å². The molecule has 1 saturated carbocycles. The molecule has 3 aromatic rings. The van der Waals surface area contributed by atoms with Crippen LogP contribution in [0.3, 0.4) is 0 Å². The number of nitrogens with zero attached hydrogens (tertiary/aromatic N) is 2. The topological polar surface area (TPSA) is 80.2 Å². The highest BCUT2D eigenvalue weighted by atomic mass is 32.2. The van der Waals surface area contributed by atoms with E-state index in [4.69, 9.17) is 14.5 Å². The molecule has 0 aromatic heterocycles. The van der Waals surface area contributed by atoms with Crippen molar-refractivity contribution >= 4 is 46.2 Å². The van der Waals surface area contributed by atoms with Crippen molar-refractivity contribution < 1.29 is 19.1 Å². The molecular formula is C32H33N3O4S. The number of benzene rings is 3. The van der Waals surface area contributed by atoms with Crippen LogP contribution < -0.4 is 14.8 Å². The largest absolute Gasteiger partial charge is 0.493 e. The van der Waals surface area contributed by atoms with E-state index in [-0.39, 0.29) is 24.5 Å². The molecule has 2 fully saturated rings. The lowest BCUT2D eigenvalue weighted by Gasteiger charge is -2.35. The highest BCUT2D eigenvalue weighted by molar-refractivity contribution is 8.18. The van der Waals surface area contributed by atoms with E-state index in [0.717, 1.165) is 35.7 Å². The molecule has 2 aliphatic rings. The normalized spacial score (nSPS) is 21.1. The molecule has 1 saturated heterocycles. The van der Waals surface area contributed by atoms with E-state index in [2.05, 4.69) is 12.2 Å². The molecule has 1 N–H and O–H groups in total. The number of ether oxygens (including phenoxy) is 2. The number of thioether (sulfide) groups is 1. The van der Waals surface area contributed by atoms with Crippen LogP contribution in [0.5, 0.6) is 11.5 Å². The Kier molecular flexibility index (Phi) is 8.86. The van der Waals surface area contributed by atoms with E-state index >= 15 is 0 Å². The van der Waals surface area contributed by atoms with Gasteiger partial charge in [0.15, 0.2) is 23.3 Å². The monoisotopic (exact) mass is 555 g/mol. The first-order valence-corrected chi connectivity index (χ1v) is 14.4. The molecule has 0 spiro atoms. The van der Waals surface area contributed by atoms with Gasteiger partial charge in [0, 0.05) is 11.7 Å². The lowest BCUT2D eigenvalue weighted by molar-refractivity contribution is -0.125. The van der Waals surface area contributed by atoms with E-state index in [1.165, 1.54) is 18.2 Å². The minimum absolute atomic E-state index is 0.0182. The minimum Gasteiger partial charge on any atom is -0.493 e. The van der Waals surface area contributed by atoms with E-state index in [1.807, 2.05) is 83.8 Å². The Morgan fingerprint density at radius 1 is 1.02 bits per heavy atom. The van der Waals surface area contributed by atoms with E-state index in [9.17, 15) is 9.59 Å². The Bertz CT molecular complexity index is 1410. The van der Waals surface area contributed by atoms with Crippen molar-refractivity contribution in [2.24, 2.45) is 10.9 Å². The van der Waals surface area contributed by atoms with Gasteiger partial charge in [0.2, 0.25) is 0 Å². The predicted molar refractivity (Wildman–Crippen MR) is 161 cm³/mol. The number of hydrogen-bond acceptors (Lipinski definition) is 6. The highest BCUT2D eigenvalue weighted by Crippen LogP contribution is 2.40. The fraction of sp³-hybridized carbons (Fsp3) is 0.281. The van der Waals surface area contributed by atoms with E-state index in [1.54, 1.807) is 13.2 Å². The van der Waals surface area contributed by atoms with Crippen LogP contribution in [0.25, 0.3) is 6.08 Å². The molecule has 1 aliphatic heterocycles. The molecule has 7 nitrogen and oxygen atoms in total. The number of para-hydroxylation sites is 2. The minimum atomic E-state index is -0.269. The van der Waals surface area contributed by atoms with Crippen LogP contribution in [0.1, 0.15) is 38.2 Å². The average Bonchev–Trinajstić information content (AvgIpc) is 3.27. The molecule has 3 aromatic carbocycles. The van der Waals surface area contributed by atoms with E-state index in [0.29, 0.717) is 28.0 Å². The van der Waals surface area contributed by atoms with Gasteiger partial charge in [0.05, 0.1) is 17.7 Å². The first-order valence-electron chi connectivity index (χ1n) is 13.5. The smallest absolute Gasteiger partial charge is 0.267 e. The summed E-state index contributed by atoms with van der Waals surface area (Å²) < 4.78 is 11.3. The van der Waals surface area contributed by atoms with Gasteiger partial charge in [-0.2, -0.15) is 0 Å². The van der Waals surface area contributed by atoms with Gasteiger partial charge < -0.3 is 14.8 Å². The number of nitrogens with one attached hydrogen (secondary N) is 1. The quantitative estimate of drug-likeness (QED) is 0.306. The lowest BCUT2D eigenvalue weighted by atomic mass is 9.85. The van der Waals surface area contributed by atoms with Crippen LogP contribution in [0, 0.1) is 5.92 Å². The Morgan fingerprint density at radius 3 is 2.48 bits per heavy atom. The standard InChI is InChI=1S/C32H33N3O4S/c1-22-11-9-10-16-26(22)35-31(37)29(40-32(35)34-25-14-7-4-8-15-25)20-23-17-18-27(28(19-23)38-2)39-21-30(36)33-24-12-5-3-6-13-24/h3-8,12-15,17-20,22,26H,9-11,16,21H2,1-2H3,(H,33,36)/b29-20-,34-32?. The van der Waals surface area contributed by atoms with Crippen molar-refractivity contribution in [3.63, 3.8) is 0 Å². The summed E-state index contributed by atoms with van der Waals surface area (Å²) in [4.78, 5) is 33.5. The van der Waals surface area contributed by atoms with E-state index < -0.39 is 0 Å². The second-order valence-corrected chi connectivity index (χ2v) is 11.0. The SMILES string of the molecule is COc1cc(/C=C2\SC(=Nc3ccccc3)N(C3CCCCC3C)C2=O)ccc1OCC(=O)Nc1ccccc1. The molecule has 2 unspecified atom stereocenters. The van der Waals surface area contributed by atoms with Crippen molar-refractivity contribution in [1.82, 2.24) is 4.90 Å². The fourth-order valence-corrected chi connectivity index (χ4v) is 6.10. The molecule has 2 amide bonds. The number of methoxy groups -OCH3 is 1. The van der Waals surface area contributed by atoms with Gasteiger partial charge in [-0.1, -0.05) is 62.2 Å². The molecule has 1 heterocycles. The third kappa shape index (κ3) is 6.57. The molecule has 40 heavy (non-hydrogen) atoms. The molecule has 2 atom stereocenters. The summed E-state index contributed by atoms with van der Waals surface area (Å²) in [7, 11) is 1.55. The second kappa shape index (κ2) is 12.9.